The van der Waals surface area contributed by atoms with Gasteiger partial charge < -0.3 is 39.4 Å². The molecule has 0 radical (unpaired) electrons. The van der Waals surface area contributed by atoms with E-state index in [-0.39, 0.29) is 26.8 Å². The standard InChI is InChI=1S/C16H30N2O9/c1-11(12(19)20)17-13(21)16(7-25-9-23-5,8-26-10-24-6)18-14(22)27-15(2,3)4/h11H,7-10H2,1-6H3,(H,17,21)(H,18,22)(H,19,20)/t11-/m0/s1. The van der Waals surface area contributed by atoms with Crippen LogP contribution in [0.1, 0.15) is 27.7 Å². The van der Waals surface area contributed by atoms with Crippen molar-refractivity contribution in [3.8, 4) is 0 Å². The minimum Gasteiger partial charge on any atom is -0.480 e. The summed E-state index contributed by atoms with van der Waals surface area (Å²) in [7, 11) is 2.77. The van der Waals surface area contributed by atoms with Crippen LogP contribution in [0.3, 0.4) is 0 Å². The molecule has 0 unspecified atom stereocenters. The summed E-state index contributed by atoms with van der Waals surface area (Å²) in [5.74, 6) is -2.07. The second-order valence-corrected chi connectivity index (χ2v) is 6.75. The Morgan fingerprint density at radius 2 is 1.48 bits per heavy atom. The molecule has 1 atom stereocenters. The number of carbonyl (C=O) groups excluding carboxylic acids is 2. The fourth-order valence-electron chi connectivity index (χ4n) is 1.80. The molecule has 27 heavy (non-hydrogen) atoms. The number of aliphatic carboxylic acids is 1. The van der Waals surface area contributed by atoms with Gasteiger partial charge in [-0.2, -0.15) is 0 Å². The van der Waals surface area contributed by atoms with E-state index in [9.17, 15) is 14.4 Å². The summed E-state index contributed by atoms with van der Waals surface area (Å²) < 4.78 is 25.3. The van der Waals surface area contributed by atoms with Crippen molar-refractivity contribution in [3.63, 3.8) is 0 Å². The summed E-state index contributed by atoms with van der Waals surface area (Å²) in [6, 6.07) is -1.21. The van der Waals surface area contributed by atoms with Gasteiger partial charge in [0.1, 0.15) is 25.2 Å². The van der Waals surface area contributed by atoms with E-state index in [0.29, 0.717) is 0 Å². The lowest BCUT2D eigenvalue weighted by molar-refractivity contribution is -0.148. The number of hydrogen-bond acceptors (Lipinski definition) is 8. The van der Waals surface area contributed by atoms with Crippen molar-refractivity contribution in [2.45, 2.75) is 44.9 Å². The molecule has 0 bridgehead atoms. The van der Waals surface area contributed by atoms with Crippen molar-refractivity contribution >= 4 is 18.0 Å². The molecule has 0 spiro atoms. The Morgan fingerprint density at radius 1 is 1.00 bits per heavy atom. The fourth-order valence-corrected chi connectivity index (χ4v) is 1.80. The van der Waals surface area contributed by atoms with Gasteiger partial charge in [-0.25, -0.2) is 4.79 Å². The SMILES string of the molecule is COCOCC(COCOC)(NC(=O)OC(C)(C)C)C(=O)N[C@@H](C)C(=O)O. The lowest BCUT2D eigenvalue weighted by atomic mass is 10.00. The lowest BCUT2D eigenvalue weighted by Gasteiger charge is -2.34. The van der Waals surface area contributed by atoms with Crippen LogP contribution in [-0.4, -0.2) is 81.3 Å². The van der Waals surface area contributed by atoms with E-state index < -0.39 is 35.2 Å². The van der Waals surface area contributed by atoms with Crippen molar-refractivity contribution in [1.29, 1.82) is 0 Å². The van der Waals surface area contributed by atoms with Crippen molar-refractivity contribution < 1.29 is 43.2 Å². The fraction of sp³-hybridized carbons (Fsp3) is 0.812. The maximum absolute atomic E-state index is 12.8. The molecule has 3 N–H and O–H groups in total. The van der Waals surface area contributed by atoms with Crippen LogP contribution < -0.4 is 10.6 Å². The smallest absolute Gasteiger partial charge is 0.408 e. The number of nitrogens with one attached hydrogen (secondary N) is 2. The van der Waals surface area contributed by atoms with Gasteiger partial charge in [0.05, 0.1) is 13.2 Å². The Bertz CT molecular complexity index is 481. The van der Waals surface area contributed by atoms with Crippen LogP contribution in [0.15, 0.2) is 0 Å². The van der Waals surface area contributed by atoms with E-state index in [1.54, 1.807) is 20.8 Å². The first-order chi connectivity index (χ1) is 12.5. The molecule has 11 heteroatoms. The average Bonchev–Trinajstić information content (AvgIpc) is 2.52. The number of methoxy groups -OCH3 is 2. The minimum absolute atomic E-state index is 0.163. The molecule has 11 nitrogen and oxygen atoms in total. The molecule has 0 fully saturated rings. The van der Waals surface area contributed by atoms with Gasteiger partial charge in [0.25, 0.3) is 5.91 Å². The Hall–Kier alpha value is -1.95. The van der Waals surface area contributed by atoms with Crippen molar-refractivity contribution in [3.05, 3.63) is 0 Å². The zero-order valence-corrected chi connectivity index (χ0v) is 16.6. The monoisotopic (exact) mass is 394 g/mol. The zero-order chi connectivity index (χ0) is 21.1. The van der Waals surface area contributed by atoms with E-state index in [1.165, 1.54) is 21.1 Å². The molecule has 0 aromatic heterocycles. The summed E-state index contributed by atoms with van der Waals surface area (Å²) in [6.07, 6.45) is -0.900. The molecule has 2 amide bonds. The van der Waals surface area contributed by atoms with Crippen LogP contribution >= 0.6 is 0 Å². The topological polar surface area (TPSA) is 142 Å². The number of carbonyl (C=O) groups is 3. The number of rotatable bonds is 12. The molecule has 0 aliphatic heterocycles. The van der Waals surface area contributed by atoms with Gasteiger partial charge in [0.15, 0.2) is 5.54 Å². The Morgan fingerprint density at radius 3 is 1.85 bits per heavy atom. The third-order valence-electron chi connectivity index (χ3n) is 2.99. The molecular weight excluding hydrogens is 364 g/mol. The Labute approximate surface area is 158 Å². The number of ether oxygens (including phenoxy) is 5. The summed E-state index contributed by atoms with van der Waals surface area (Å²) in [5, 5.41) is 13.7. The van der Waals surface area contributed by atoms with Gasteiger partial charge >= 0.3 is 12.1 Å². The number of carboxylic acids is 1. The molecule has 0 heterocycles. The maximum atomic E-state index is 12.8. The van der Waals surface area contributed by atoms with Gasteiger partial charge in [-0.05, 0) is 27.7 Å². The molecule has 0 saturated carbocycles. The van der Waals surface area contributed by atoms with E-state index in [2.05, 4.69) is 10.6 Å². The molecule has 0 aromatic rings. The molecular formula is C16H30N2O9. The van der Waals surface area contributed by atoms with E-state index in [4.69, 9.17) is 28.8 Å². The molecule has 0 rings (SSSR count). The van der Waals surface area contributed by atoms with Crippen LogP contribution in [0.5, 0.6) is 0 Å². The van der Waals surface area contributed by atoms with Crippen LogP contribution in [0.4, 0.5) is 4.79 Å². The zero-order valence-electron chi connectivity index (χ0n) is 16.6. The molecule has 158 valence electrons. The van der Waals surface area contributed by atoms with Crippen molar-refractivity contribution in [2.75, 3.05) is 41.0 Å². The molecule has 0 aromatic carbocycles. The average molecular weight is 394 g/mol. The highest BCUT2D eigenvalue weighted by molar-refractivity contribution is 5.93. The third-order valence-corrected chi connectivity index (χ3v) is 2.99. The van der Waals surface area contributed by atoms with Gasteiger partial charge in [0, 0.05) is 14.2 Å². The highest BCUT2D eigenvalue weighted by atomic mass is 16.7. The van der Waals surface area contributed by atoms with E-state index in [0.717, 1.165) is 0 Å². The van der Waals surface area contributed by atoms with Crippen LogP contribution in [0.25, 0.3) is 0 Å². The number of alkyl carbamates (subject to hydrolysis) is 1. The highest BCUT2D eigenvalue weighted by Crippen LogP contribution is 2.13. The summed E-state index contributed by atoms with van der Waals surface area (Å²) in [4.78, 5) is 36.1. The van der Waals surface area contributed by atoms with E-state index in [1.807, 2.05) is 0 Å². The largest absolute Gasteiger partial charge is 0.480 e. The van der Waals surface area contributed by atoms with Crippen molar-refractivity contribution in [1.82, 2.24) is 10.6 Å². The minimum atomic E-state index is -1.77. The molecule has 0 aliphatic carbocycles. The van der Waals surface area contributed by atoms with E-state index >= 15 is 0 Å². The predicted octanol–water partition coefficient (Wildman–Crippen LogP) is 0.0802. The van der Waals surface area contributed by atoms with Gasteiger partial charge in [-0.1, -0.05) is 0 Å². The quantitative estimate of drug-likeness (QED) is 0.310. The van der Waals surface area contributed by atoms with Crippen LogP contribution in [-0.2, 0) is 33.3 Å². The van der Waals surface area contributed by atoms with Crippen LogP contribution in [0, 0.1) is 0 Å². The first-order valence-corrected chi connectivity index (χ1v) is 8.15. The van der Waals surface area contributed by atoms with Crippen molar-refractivity contribution in [2.24, 2.45) is 0 Å². The number of hydrogen-bond donors (Lipinski definition) is 3. The lowest BCUT2D eigenvalue weighted by Crippen LogP contribution is -2.66. The maximum Gasteiger partial charge on any atom is 0.408 e. The second-order valence-electron chi connectivity index (χ2n) is 6.75. The normalized spacial score (nSPS) is 13.0. The van der Waals surface area contributed by atoms with Gasteiger partial charge in [-0.3, -0.25) is 9.59 Å². The Kier molecular flexibility index (Phi) is 10.9. The second kappa shape index (κ2) is 11.7. The molecule has 0 saturated heterocycles. The summed E-state index contributed by atoms with van der Waals surface area (Å²) in [5.41, 5.74) is -2.59. The van der Waals surface area contributed by atoms with Gasteiger partial charge in [0.2, 0.25) is 0 Å². The predicted molar refractivity (Wildman–Crippen MR) is 93.0 cm³/mol. The first-order valence-electron chi connectivity index (χ1n) is 8.15. The third kappa shape index (κ3) is 10.1. The Balaban J connectivity index is 5.57. The first kappa shape index (κ1) is 25.1. The van der Waals surface area contributed by atoms with Crippen LogP contribution in [0.2, 0.25) is 0 Å². The summed E-state index contributed by atoms with van der Waals surface area (Å²) in [6.45, 7) is 5.21. The number of carboxylic acid groups (broad SMARTS) is 1. The summed E-state index contributed by atoms with van der Waals surface area (Å²) >= 11 is 0. The molecule has 0 aliphatic rings. The van der Waals surface area contributed by atoms with Gasteiger partial charge in [-0.15, -0.1) is 0 Å². The highest BCUT2D eigenvalue weighted by Gasteiger charge is 2.43. The number of amides is 2.